The molecule has 28 heavy (non-hydrogen) atoms. The van der Waals surface area contributed by atoms with E-state index in [2.05, 4.69) is 88.7 Å². The number of thiophene rings is 1. The fraction of sp³-hybridized carbons (Fsp3) is 0.476. The van der Waals surface area contributed by atoms with Crippen LogP contribution in [0.15, 0.2) is 12.1 Å². The van der Waals surface area contributed by atoms with Gasteiger partial charge in [0.1, 0.15) is 16.9 Å². The minimum absolute atomic E-state index is 0.0291. The number of fused-ring (bicyclic) bond motifs is 3. The molecule has 4 rings (SSSR count). The predicted octanol–water partition coefficient (Wildman–Crippen LogP) is 5.97. The largest absolute Gasteiger partial charge is 0.495 e. The molecule has 1 aliphatic heterocycles. The SMILES string of the molecule is COc1c(I)cc(I)cc1[C@@H]1NC(=O)c2c(sc3c2CC[C@H](C(C)(C)C)C3)N1. The number of benzene rings is 1. The average Bonchev–Trinajstić information content (AvgIpc) is 2.98. The normalized spacial score (nSPS) is 21.4. The Balaban J connectivity index is 1.70. The minimum Gasteiger partial charge on any atom is -0.495 e. The Kier molecular flexibility index (Phi) is 5.63. The maximum absolute atomic E-state index is 13.1. The third-order valence-corrected chi connectivity index (χ3v) is 8.43. The fourth-order valence-corrected chi connectivity index (χ4v) is 7.67. The highest BCUT2D eigenvalue weighted by Gasteiger charge is 2.37. The van der Waals surface area contributed by atoms with Crippen LogP contribution < -0.4 is 15.4 Å². The summed E-state index contributed by atoms with van der Waals surface area (Å²) in [5, 5.41) is 7.75. The molecular formula is C21H24I2N2O2S. The summed E-state index contributed by atoms with van der Waals surface area (Å²) < 4.78 is 7.81. The Labute approximate surface area is 197 Å². The van der Waals surface area contributed by atoms with Gasteiger partial charge in [0.05, 0.1) is 16.2 Å². The molecule has 7 heteroatoms. The summed E-state index contributed by atoms with van der Waals surface area (Å²) in [6.45, 7) is 6.96. The van der Waals surface area contributed by atoms with Crippen molar-refractivity contribution in [3.8, 4) is 5.75 Å². The van der Waals surface area contributed by atoms with E-state index >= 15 is 0 Å². The van der Waals surface area contributed by atoms with Crippen molar-refractivity contribution < 1.29 is 9.53 Å². The van der Waals surface area contributed by atoms with Crippen LogP contribution in [0.5, 0.6) is 5.75 Å². The monoisotopic (exact) mass is 622 g/mol. The summed E-state index contributed by atoms with van der Waals surface area (Å²) in [6.07, 6.45) is 2.93. The number of methoxy groups -OCH3 is 1. The van der Waals surface area contributed by atoms with E-state index in [9.17, 15) is 4.79 Å². The molecule has 2 heterocycles. The van der Waals surface area contributed by atoms with Crippen molar-refractivity contribution in [2.45, 2.75) is 46.2 Å². The molecule has 0 spiro atoms. The molecule has 0 radical (unpaired) electrons. The second-order valence-electron chi connectivity index (χ2n) is 8.57. The van der Waals surface area contributed by atoms with Gasteiger partial charge in [0.25, 0.3) is 5.91 Å². The minimum atomic E-state index is -0.281. The van der Waals surface area contributed by atoms with E-state index in [0.717, 1.165) is 48.3 Å². The average molecular weight is 622 g/mol. The van der Waals surface area contributed by atoms with Gasteiger partial charge in [0.2, 0.25) is 0 Å². The molecule has 0 saturated heterocycles. The molecule has 2 aromatic rings. The van der Waals surface area contributed by atoms with Crippen molar-refractivity contribution in [2.24, 2.45) is 11.3 Å². The number of nitrogens with one attached hydrogen (secondary N) is 2. The van der Waals surface area contributed by atoms with Crippen LogP contribution >= 0.6 is 56.5 Å². The van der Waals surface area contributed by atoms with E-state index in [-0.39, 0.29) is 12.1 Å². The van der Waals surface area contributed by atoms with Crippen molar-refractivity contribution in [3.63, 3.8) is 0 Å². The molecule has 0 bridgehead atoms. The van der Waals surface area contributed by atoms with Crippen molar-refractivity contribution >= 4 is 67.4 Å². The first kappa shape index (κ1) is 20.7. The highest BCUT2D eigenvalue weighted by molar-refractivity contribution is 14.1. The smallest absolute Gasteiger partial charge is 0.256 e. The van der Waals surface area contributed by atoms with Crippen molar-refractivity contribution in [3.05, 3.63) is 40.8 Å². The van der Waals surface area contributed by atoms with Crippen LogP contribution in [0.3, 0.4) is 0 Å². The molecule has 2 aliphatic rings. The lowest BCUT2D eigenvalue weighted by atomic mass is 9.72. The van der Waals surface area contributed by atoms with Gasteiger partial charge in [-0.1, -0.05) is 20.8 Å². The molecule has 150 valence electrons. The van der Waals surface area contributed by atoms with E-state index in [4.69, 9.17) is 4.74 Å². The van der Waals surface area contributed by atoms with Gasteiger partial charge >= 0.3 is 0 Å². The van der Waals surface area contributed by atoms with Crippen molar-refractivity contribution in [2.75, 3.05) is 12.4 Å². The maximum atomic E-state index is 13.1. The van der Waals surface area contributed by atoms with Crippen LogP contribution in [0.25, 0.3) is 0 Å². The molecule has 0 fully saturated rings. The number of carbonyl (C=O) groups is 1. The van der Waals surface area contributed by atoms with Gasteiger partial charge in [0, 0.05) is 14.0 Å². The van der Waals surface area contributed by atoms with E-state index in [1.807, 2.05) is 0 Å². The van der Waals surface area contributed by atoms with Gasteiger partial charge in [0.15, 0.2) is 0 Å². The first-order valence-corrected chi connectivity index (χ1v) is 12.4. The van der Waals surface area contributed by atoms with Crippen LogP contribution in [0, 0.1) is 18.5 Å². The molecule has 2 N–H and O–H groups in total. The second-order valence-corrected chi connectivity index (χ2v) is 12.1. The van der Waals surface area contributed by atoms with Crippen molar-refractivity contribution in [1.29, 1.82) is 0 Å². The molecular weight excluding hydrogens is 598 g/mol. The fourth-order valence-electron chi connectivity index (χ4n) is 4.20. The molecule has 0 unspecified atom stereocenters. The molecule has 4 nitrogen and oxygen atoms in total. The lowest BCUT2D eigenvalue weighted by molar-refractivity contribution is 0.0934. The van der Waals surface area contributed by atoms with E-state index < -0.39 is 0 Å². The van der Waals surface area contributed by atoms with Gasteiger partial charge in [-0.15, -0.1) is 11.3 Å². The lowest BCUT2D eigenvalue weighted by Gasteiger charge is -2.34. The Hall–Kier alpha value is -0.550. The Morgan fingerprint density at radius 2 is 1.96 bits per heavy atom. The summed E-state index contributed by atoms with van der Waals surface area (Å²) in [6, 6.07) is 4.16. The zero-order chi connectivity index (χ0) is 20.2. The summed E-state index contributed by atoms with van der Waals surface area (Å²) in [5.74, 6) is 1.51. The van der Waals surface area contributed by atoms with Gasteiger partial charge in [-0.3, -0.25) is 4.79 Å². The number of amides is 1. The van der Waals surface area contributed by atoms with Crippen molar-refractivity contribution in [1.82, 2.24) is 5.32 Å². The zero-order valence-electron chi connectivity index (χ0n) is 16.4. The quantitative estimate of drug-likeness (QED) is 0.406. The Morgan fingerprint density at radius 3 is 2.64 bits per heavy atom. The molecule has 0 saturated carbocycles. The number of hydrogen-bond acceptors (Lipinski definition) is 4. The van der Waals surface area contributed by atoms with E-state index in [1.165, 1.54) is 10.4 Å². The second kappa shape index (κ2) is 7.61. The Bertz CT molecular complexity index is 949. The van der Waals surface area contributed by atoms with E-state index in [0.29, 0.717) is 11.3 Å². The predicted molar refractivity (Wildman–Crippen MR) is 132 cm³/mol. The number of rotatable bonds is 2. The van der Waals surface area contributed by atoms with Crippen LogP contribution in [0.4, 0.5) is 5.00 Å². The number of anilines is 1. The molecule has 1 aromatic carbocycles. The summed E-state index contributed by atoms with van der Waals surface area (Å²) in [7, 11) is 1.68. The van der Waals surface area contributed by atoms with Gasteiger partial charge in [-0.2, -0.15) is 0 Å². The topological polar surface area (TPSA) is 50.4 Å². The van der Waals surface area contributed by atoms with Crippen LogP contribution in [0.1, 0.15) is 59.7 Å². The first-order chi connectivity index (χ1) is 13.2. The molecule has 1 aliphatic carbocycles. The Morgan fingerprint density at radius 1 is 1.21 bits per heavy atom. The lowest BCUT2D eigenvalue weighted by Crippen LogP contribution is -2.38. The highest BCUT2D eigenvalue weighted by Crippen LogP contribution is 2.46. The number of ether oxygens (including phenoxy) is 1. The van der Waals surface area contributed by atoms with Crippen LogP contribution in [0.2, 0.25) is 0 Å². The summed E-state index contributed by atoms with van der Waals surface area (Å²) in [4.78, 5) is 14.4. The van der Waals surface area contributed by atoms with Gasteiger partial charge in [-0.25, -0.2) is 0 Å². The van der Waals surface area contributed by atoms with Gasteiger partial charge in [-0.05, 0) is 93.5 Å². The summed E-state index contributed by atoms with van der Waals surface area (Å²) in [5.41, 5.74) is 3.39. The highest BCUT2D eigenvalue weighted by atomic mass is 127. The number of halogens is 2. The molecule has 2 atom stereocenters. The standard InChI is InChI=1S/C21H24I2N2O2S/c1-21(2,3)10-5-6-12-15(7-10)28-20-16(12)19(26)24-18(25-20)13-8-11(22)9-14(23)17(13)27-4/h8-10,18,25H,5-7H2,1-4H3,(H,24,26)/t10-,18+/m0/s1. The van der Waals surface area contributed by atoms with E-state index in [1.54, 1.807) is 18.4 Å². The first-order valence-electron chi connectivity index (χ1n) is 9.44. The molecule has 1 aromatic heterocycles. The van der Waals surface area contributed by atoms with Crippen LogP contribution in [-0.2, 0) is 12.8 Å². The zero-order valence-corrected chi connectivity index (χ0v) is 21.5. The summed E-state index contributed by atoms with van der Waals surface area (Å²) >= 11 is 6.36. The maximum Gasteiger partial charge on any atom is 0.256 e. The number of hydrogen-bond donors (Lipinski definition) is 2. The van der Waals surface area contributed by atoms with Gasteiger partial charge < -0.3 is 15.4 Å². The van der Waals surface area contributed by atoms with Crippen LogP contribution in [-0.4, -0.2) is 13.0 Å². The third kappa shape index (κ3) is 3.66. The molecule has 1 amide bonds. The third-order valence-electron chi connectivity index (χ3n) is 5.82. The number of carbonyl (C=O) groups excluding carboxylic acids is 1.